The van der Waals surface area contributed by atoms with E-state index in [1.54, 1.807) is 36.7 Å². The second kappa shape index (κ2) is 29.5. The minimum absolute atomic E-state index is 0.00340. The van der Waals surface area contributed by atoms with Gasteiger partial charge in [-0.2, -0.15) is 19.9 Å². The predicted molar refractivity (Wildman–Crippen MR) is 342 cm³/mol. The topological polar surface area (TPSA) is 168 Å². The second-order valence-corrected chi connectivity index (χ2v) is 24.5. The third kappa shape index (κ3) is 14.3. The van der Waals surface area contributed by atoms with E-state index in [9.17, 15) is 19.0 Å². The quantitative estimate of drug-likeness (QED) is 0.157. The van der Waals surface area contributed by atoms with Gasteiger partial charge in [-0.05, 0) is 170 Å². The van der Waals surface area contributed by atoms with Crippen molar-refractivity contribution in [2.45, 2.75) is 160 Å². The van der Waals surface area contributed by atoms with Crippen LogP contribution in [0.1, 0.15) is 127 Å². The van der Waals surface area contributed by atoms with Gasteiger partial charge in [0.25, 0.3) is 0 Å². The summed E-state index contributed by atoms with van der Waals surface area (Å²) in [5.74, 6) is -0.505. The van der Waals surface area contributed by atoms with Crippen molar-refractivity contribution >= 4 is 50.3 Å². The highest BCUT2D eigenvalue weighted by atomic mass is 19.1. The molecule has 16 nitrogen and oxygen atoms in total. The zero-order valence-electron chi connectivity index (χ0n) is 52.5. The fraction of sp³-hybridized carbons (Fsp3) is 0.536. The highest BCUT2D eigenvalue weighted by Crippen LogP contribution is 2.42. The Morgan fingerprint density at radius 3 is 1.68 bits per heavy atom. The number of alkyl halides is 2. The van der Waals surface area contributed by atoms with Gasteiger partial charge in [-0.3, -0.25) is 19.8 Å². The summed E-state index contributed by atoms with van der Waals surface area (Å²) in [6.45, 7) is 13.7. The fourth-order valence-electron chi connectivity index (χ4n) is 14.3. The van der Waals surface area contributed by atoms with Gasteiger partial charge in [-0.1, -0.05) is 32.1 Å². The third-order valence-electron chi connectivity index (χ3n) is 18.6. The molecule has 6 atom stereocenters. The molecule has 10 aliphatic rings. The number of anilines is 2. The van der Waals surface area contributed by atoms with Crippen LogP contribution in [-0.2, 0) is 15.9 Å². The van der Waals surface area contributed by atoms with Gasteiger partial charge in [0.1, 0.15) is 63.7 Å². The highest BCUT2D eigenvalue weighted by Gasteiger charge is 2.36. The molecule has 0 aliphatic carbocycles. The van der Waals surface area contributed by atoms with Gasteiger partial charge in [0.05, 0.1) is 37.2 Å². The van der Waals surface area contributed by atoms with Crippen molar-refractivity contribution in [3.63, 3.8) is 0 Å². The molecule has 6 unspecified atom stereocenters. The summed E-state index contributed by atoms with van der Waals surface area (Å²) >= 11 is 0. The minimum Gasteiger partial charge on any atom is -0.508 e. The lowest BCUT2D eigenvalue weighted by atomic mass is 9.94. The zero-order chi connectivity index (χ0) is 63.0. The Hall–Kier alpha value is -7.07. The van der Waals surface area contributed by atoms with Gasteiger partial charge in [0.2, 0.25) is 0 Å². The van der Waals surface area contributed by atoms with Gasteiger partial charge in [-0.15, -0.1) is 0 Å². The molecule has 14 heterocycles. The number of phenolic OH excluding ortho intramolecular Hbond substituents is 2. The number of halogens is 5. The number of hydrogen-bond donors (Lipinski definition) is 2. The first kappa shape index (κ1) is 64.5. The van der Waals surface area contributed by atoms with Crippen molar-refractivity contribution in [2.75, 3.05) is 89.6 Å². The lowest BCUT2D eigenvalue weighted by Gasteiger charge is -2.27. The fourth-order valence-corrected chi connectivity index (χ4v) is 14.3. The summed E-state index contributed by atoms with van der Waals surface area (Å²) < 4.78 is 95.8. The number of pyridine rings is 2. The maximum absolute atomic E-state index is 16.4. The van der Waals surface area contributed by atoms with Gasteiger partial charge in [-0.25, -0.2) is 22.0 Å². The number of aryl methyl sites for hydroxylation is 1. The number of nitrogens with zero attached hydrogens (tertiary/aromatic N) is 10. The summed E-state index contributed by atoms with van der Waals surface area (Å²) in [5.41, 5.74) is 3.37. The van der Waals surface area contributed by atoms with E-state index >= 15 is 13.2 Å². The first-order chi connectivity index (χ1) is 43.8. The van der Waals surface area contributed by atoms with Crippen molar-refractivity contribution in [1.29, 1.82) is 0 Å². The van der Waals surface area contributed by atoms with Gasteiger partial charge >= 0.3 is 12.0 Å². The molecule has 0 radical (unpaired) electrons. The first-order valence-electron chi connectivity index (χ1n) is 32.6. The number of fused-ring (bicyclic) bond motifs is 11. The van der Waals surface area contributed by atoms with Gasteiger partial charge in [0, 0.05) is 99.0 Å². The van der Waals surface area contributed by atoms with Crippen LogP contribution in [0.4, 0.5) is 33.6 Å². The molecule has 0 amide bonds. The molecule has 4 aromatic heterocycles. The van der Waals surface area contributed by atoms with Crippen LogP contribution in [0.2, 0.25) is 0 Å². The maximum Gasteiger partial charge on any atom is 0.318 e. The highest BCUT2D eigenvalue weighted by molar-refractivity contribution is 6.04. The average molecular weight is 1250 g/mol. The number of allylic oxidation sites excluding steroid dienone is 1. The van der Waals surface area contributed by atoms with Crippen molar-refractivity contribution in [3.05, 3.63) is 89.0 Å². The number of benzene rings is 3. The molecule has 6 saturated heterocycles. The van der Waals surface area contributed by atoms with Crippen LogP contribution in [0.15, 0.2) is 54.9 Å². The molecule has 482 valence electrons. The van der Waals surface area contributed by atoms with Crippen LogP contribution in [0, 0.1) is 24.4 Å². The van der Waals surface area contributed by atoms with Crippen LogP contribution in [-0.4, -0.2) is 166 Å². The van der Waals surface area contributed by atoms with Crippen molar-refractivity contribution in [2.24, 2.45) is 0 Å². The Bertz CT molecular complexity index is 3630. The van der Waals surface area contributed by atoms with Gasteiger partial charge < -0.3 is 39.0 Å². The SMILES string of the molecule is CC.COc1nc2c3cnc(c(F)c3n1)-c1cc(O)cc(C)c1CCCOC1CCCCN2C1.COc1nc2c3cnc(c(F)c3n1)-c1cc(O)cc3ccc(F)c(c13)/C=C\CCCOC1CCCCN2C1.FC1CC2CCCN2C1.FC1CC2CCCN2C1. The Labute approximate surface area is 523 Å². The standard InChI is InChI=1S/C29H28F2N4O3.C24H27FN4O3.2C7H12FN.C2H6/c1-37-29-33-27-22-15-32-26(25(27)31)21-14-18(36)13-17-9-10-23(30)20(24(17)21)8-3-2-6-12-38-19-7-4-5-11-35(16-19)28(22)34-29;1-14-10-15(30)11-18-17(14)7-5-9-32-16-6-3-4-8-29(13-16)23-19-12-26-21(18)20(25)22(19)27-24(28-23)31-2;2*8-6-4-7-2-1-3-9(7)5-6;1-2/h3,8-10,13-15,19,36H,2,4-7,11-12,16H2,1H3;10-12,16,30H,3-9,13H2,1-2H3;2*6-7H,1-5H2;1-2H3/b8-3-;;;;. The number of aromatic nitrogens is 6. The van der Waals surface area contributed by atoms with E-state index in [-0.39, 0.29) is 63.7 Å². The minimum atomic E-state index is -0.692. The molecule has 7 aromatic rings. The molecule has 6 fully saturated rings. The molecule has 12 bridgehead atoms. The third-order valence-corrected chi connectivity index (χ3v) is 18.6. The van der Waals surface area contributed by atoms with Gasteiger partial charge in [0.15, 0.2) is 11.6 Å². The molecule has 17 rings (SSSR count). The lowest BCUT2D eigenvalue weighted by Crippen LogP contribution is -2.33. The normalized spacial score (nSPS) is 23.6. The molecule has 10 aliphatic heterocycles. The molecule has 2 N–H and O–H groups in total. The van der Waals surface area contributed by atoms with Crippen LogP contribution in [0.25, 0.3) is 61.2 Å². The molecule has 3 aromatic carbocycles. The number of rotatable bonds is 2. The molecular weight excluding hydrogens is 1160 g/mol. The molecule has 0 saturated carbocycles. The van der Waals surface area contributed by atoms with Crippen molar-refractivity contribution < 1.29 is 51.1 Å². The molecule has 90 heavy (non-hydrogen) atoms. The smallest absolute Gasteiger partial charge is 0.318 e. The molecular formula is C69H85F5N10O6. The van der Waals surface area contributed by atoms with Crippen LogP contribution < -0.4 is 19.3 Å². The number of methoxy groups -OCH3 is 2. The average Bonchev–Trinajstić information content (AvgIpc) is 0.978. The number of hydrogen-bond acceptors (Lipinski definition) is 16. The molecule has 21 heteroatoms. The summed E-state index contributed by atoms with van der Waals surface area (Å²) in [6.07, 6.45) is 21.4. The van der Waals surface area contributed by atoms with Crippen LogP contribution in [0.3, 0.4) is 0 Å². The van der Waals surface area contributed by atoms with E-state index in [1.807, 2.05) is 26.8 Å². The lowest BCUT2D eigenvalue weighted by molar-refractivity contribution is 0.0526. The molecule has 0 spiro atoms. The Morgan fingerprint density at radius 2 is 1.12 bits per heavy atom. The Morgan fingerprint density at radius 1 is 0.589 bits per heavy atom. The Balaban J connectivity index is 0.000000142. The van der Waals surface area contributed by atoms with E-state index in [1.165, 1.54) is 58.1 Å². The monoisotopic (exact) mass is 1240 g/mol. The van der Waals surface area contributed by atoms with E-state index < -0.39 is 29.8 Å². The summed E-state index contributed by atoms with van der Waals surface area (Å²) in [4.78, 5) is 35.7. The van der Waals surface area contributed by atoms with Crippen LogP contribution in [0.5, 0.6) is 23.5 Å². The van der Waals surface area contributed by atoms with Crippen molar-refractivity contribution in [3.8, 4) is 46.0 Å². The van der Waals surface area contributed by atoms with E-state index in [0.29, 0.717) is 109 Å². The maximum atomic E-state index is 16.4. The van der Waals surface area contributed by atoms with Crippen LogP contribution >= 0.6 is 0 Å². The number of aromatic hydroxyl groups is 2. The van der Waals surface area contributed by atoms with E-state index in [2.05, 4.69) is 49.5 Å². The van der Waals surface area contributed by atoms with E-state index in [0.717, 1.165) is 102 Å². The summed E-state index contributed by atoms with van der Waals surface area (Å²) in [7, 11) is 2.92. The Kier molecular flexibility index (Phi) is 21.1. The number of phenols is 2. The number of ether oxygens (including phenoxy) is 4. The largest absolute Gasteiger partial charge is 0.508 e. The predicted octanol–water partition coefficient (Wildman–Crippen LogP) is 13.6. The summed E-state index contributed by atoms with van der Waals surface area (Å²) in [6, 6.07) is 10.5. The second-order valence-electron chi connectivity index (χ2n) is 24.5. The van der Waals surface area contributed by atoms with Crippen molar-refractivity contribution in [1.82, 2.24) is 39.7 Å². The summed E-state index contributed by atoms with van der Waals surface area (Å²) in [5, 5.41) is 22.8. The zero-order valence-corrected chi connectivity index (χ0v) is 52.5. The first-order valence-corrected chi connectivity index (χ1v) is 32.6. The van der Waals surface area contributed by atoms with E-state index in [4.69, 9.17) is 18.9 Å².